The van der Waals surface area contributed by atoms with Gasteiger partial charge in [-0.1, -0.05) is 6.92 Å². The highest BCUT2D eigenvalue weighted by Crippen LogP contribution is 2.01. The Morgan fingerprint density at radius 2 is 1.91 bits per heavy atom. The van der Waals surface area contributed by atoms with Crippen molar-refractivity contribution in [3.63, 3.8) is 0 Å². The lowest BCUT2D eigenvalue weighted by Gasteiger charge is -2.17. The molecule has 0 aromatic carbocycles. The average molecular weight is 175 g/mol. The first-order chi connectivity index (χ1) is 5.20. The highest BCUT2D eigenvalue weighted by atomic mass is 32.2. The molecule has 0 aromatic heterocycles. The molecule has 0 aliphatic rings. The Bertz CT molecular complexity index is 85.6. The van der Waals surface area contributed by atoms with E-state index >= 15 is 0 Å². The van der Waals surface area contributed by atoms with Crippen LogP contribution < -0.4 is 5.32 Å². The fraction of sp³-hybridized carbons (Fsp3) is 1.00. The van der Waals surface area contributed by atoms with Crippen LogP contribution in [0.1, 0.15) is 33.6 Å². The van der Waals surface area contributed by atoms with E-state index < -0.39 is 0 Å². The van der Waals surface area contributed by atoms with Gasteiger partial charge < -0.3 is 5.32 Å². The zero-order valence-corrected chi connectivity index (χ0v) is 9.00. The molecule has 1 nitrogen and oxygen atoms in total. The van der Waals surface area contributed by atoms with Crippen LogP contribution in [0.15, 0.2) is 0 Å². The Hall–Kier alpha value is 0.310. The van der Waals surface area contributed by atoms with Crippen LogP contribution >= 0.6 is 11.8 Å². The number of rotatable bonds is 6. The molecule has 68 valence electrons. The van der Waals surface area contributed by atoms with Crippen molar-refractivity contribution in [3.05, 3.63) is 0 Å². The van der Waals surface area contributed by atoms with Crippen LogP contribution in [0, 0.1) is 0 Å². The van der Waals surface area contributed by atoms with Crippen LogP contribution in [0.4, 0.5) is 0 Å². The van der Waals surface area contributed by atoms with Crippen molar-refractivity contribution in [2.45, 2.75) is 45.7 Å². The van der Waals surface area contributed by atoms with Crippen LogP contribution in [0.25, 0.3) is 0 Å². The minimum atomic E-state index is 0.673. The normalized spacial score (nSPS) is 16.4. The van der Waals surface area contributed by atoms with Gasteiger partial charge in [0.05, 0.1) is 0 Å². The predicted octanol–water partition coefficient (Wildman–Crippen LogP) is 2.52. The summed E-state index contributed by atoms with van der Waals surface area (Å²) in [6.07, 6.45) is 4.67. The number of nitrogens with one attached hydrogen (secondary N) is 1. The first-order valence-corrected chi connectivity index (χ1v) is 5.85. The molecule has 0 heterocycles. The minimum absolute atomic E-state index is 0.673. The van der Waals surface area contributed by atoms with E-state index in [0.717, 1.165) is 0 Å². The molecule has 0 aliphatic carbocycles. The molecule has 11 heavy (non-hydrogen) atoms. The largest absolute Gasteiger partial charge is 0.312 e. The molecule has 0 aliphatic heterocycles. The zero-order chi connectivity index (χ0) is 8.69. The van der Waals surface area contributed by atoms with Crippen molar-refractivity contribution in [3.8, 4) is 0 Å². The lowest BCUT2D eigenvalue weighted by Crippen LogP contribution is -2.34. The molecule has 0 saturated heterocycles. The molecule has 0 bridgehead atoms. The van der Waals surface area contributed by atoms with Gasteiger partial charge in [-0.15, -0.1) is 0 Å². The topological polar surface area (TPSA) is 12.0 Å². The molecule has 2 unspecified atom stereocenters. The van der Waals surface area contributed by atoms with Gasteiger partial charge in [0, 0.05) is 12.1 Å². The van der Waals surface area contributed by atoms with Gasteiger partial charge in [-0.25, -0.2) is 0 Å². The Morgan fingerprint density at radius 3 is 2.36 bits per heavy atom. The second-order valence-corrected chi connectivity index (χ2v) is 4.14. The van der Waals surface area contributed by atoms with Crippen molar-refractivity contribution in [1.82, 2.24) is 5.32 Å². The van der Waals surface area contributed by atoms with E-state index in [1.54, 1.807) is 0 Å². The van der Waals surface area contributed by atoms with Crippen LogP contribution in [0.2, 0.25) is 0 Å². The monoisotopic (exact) mass is 175 g/mol. The highest BCUT2D eigenvalue weighted by Gasteiger charge is 2.03. The molecule has 0 spiro atoms. The quantitative estimate of drug-likeness (QED) is 0.666. The first kappa shape index (κ1) is 11.3. The van der Waals surface area contributed by atoms with Gasteiger partial charge in [0.2, 0.25) is 0 Å². The summed E-state index contributed by atoms with van der Waals surface area (Å²) in [5.74, 6) is 1.27. The Kier molecular flexibility index (Phi) is 7.18. The summed E-state index contributed by atoms with van der Waals surface area (Å²) in [6, 6.07) is 1.35. The van der Waals surface area contributed by atoms with Crippen LogP contribution in [-0.2, 0) is 0 Å². The molecule has 0 aromatic rings. The van der Waals surface area contributed by atoms with E-state index in [2.05, 4.69) is 32.3 Å². The molecule has 0 fully saturated rings. The third kappa shape index (κ3) is 6.70. The third-order valence-corrected chi connectivity index (χ3v) is 2.58. The highest BCUT2D eigenvalue weighted by molar-refractivity contribution is 7.98. The standard InChI is InChI=1S/C9H21NS/c1-5-8(2)10-9(3)6-7-11-4/h8-10H,5-7H2,1-4H3. The van der Waals surface area contributed by atoms with Crippen molar-refractivity contribution < 1.29 is 0 Å². The summed E-state index contributed by atoms with van der Waals surface area (Å²) >= 11 is 1.92. The van der Waals surface area contributed by atoms with E-state index in [4.69, 9.17) is 0 Å². The summed E-state index contributed by atoms with van der Waals surface area (Å²) in [6.45, 7) is 6.73. The summed E-state index contributed by atoms with van der Waals surface area (Å²) in [7, 11) is 0. The summed E-state index contributed by atoms with van der Waals surface area (Å²) in [4.78, 5) is 0. The van der Waals surface area contributed by atoms with Gasteiger partial charge in [0.1, 0.15) is 0 Å². The van der Waals surface area contributed by atoms with Crippen molar-refractivity contribution in [2.24, 2.45) is 0 Å². The number of thioether (sulfide) groups is 1. The molecular formula is C9H21NS. The number of hydrogen-bond donors (Lipinski definition) is 1. The molecule has 2 atom stereocenters. The van der Waals surface area contributed by atoms with Crippen molar-refractivity contribution in [1.29, 1.82) is 0 Å². The van der Waals surface area contributed by atoms with Crippen LogP contribution in [-0.4, -0.2) is 24.1 Å². The molecular weight excluding hydrogens is 154 g/mol. The lowest BCUT2D eigenvalue weighted by molar-refractivity contribution is 0.451. The fourth-order valence-electron chi connectivity index (χ4n) is 0.982. The minimum Gasteiger partial charge on any atom is -0.312 e. The Labute approximate surface area is 75.3 Å². The average Bonchev–Trinajstić information content (AvgIpc) is 2.00. The Morgan fingerprint density at radius 1 is 1.27 bits per heavy atom. The summed E-state index contributed by atoms with van der Waals surface area (Å²) < 4.78 is 0. The van der Waals surface area contributed by atoms with Gasteiger partial charge in [0.15, 0.2) is 0 Å². The van der Waals surface area contributed by atoms with E-state index in [9.17, 15) is 0 Å². The third-order valence-electron chi connectivity index (χ3n) is 1.94. The smallest absolute Gasteiger partial charge is 0.00490 e. The molecule has 1 N–H and O–H groups in total. The molecule has 2 heteroatoms. The fourth-order valence-corrected chi connectivity index (χ4v) is 1.57. The molecule has 0 saturated carbocycles. The maximum atomic E-state index is 3.55. The van der Waals surface area contributed by atoms with E-state index in [1.807, 2.05) is 11.8 Å². The second-order valence-electron chi connectivity index (χ2n) is 3.16. The van der Waals surface area contributed by atoms with E-state index in [0.29, 0.717) is 12.1 Å². The van der Waals surface area contributed by atoms with E-state index in [1.165, 1.54) is 18.6 Å². The summed E-state index contributed by atoms with van der Waals surface area (Å²) in [5, 5.41) is 3.55. The molecule has 0 amide bonds. The second kappa shape index (κ2) is 6.99. The predicted molar refractivity (Wildman–Crippen MR) is 55.3 cm³/mol. The van der Waals surface area contributed by atoms with Gasteiger partial charge in [0.25, 0.3) is 0 Å². The number of hydrogen-bond acceptors (Lipinski definition) is 2. The first-order valence-electron chi connectivity index (χ1n) is 4.45. The molecule has 0 rings (SSSR count). The maximum absolute atomic E-state index is 3.55. The lowest BCUT2D eigenvalue weighted by atomic mass is 10.2. The summed E-state index contributed by atoms with van der Waals surface area (Å²) in [5.41, 5.74) is 0. The van der Waals surface area contributed by atoms with Crippen molar-refractivity contribution in [2.75, 3.05) is 12.0 Å². The van der Waals surface area contributed by atoms with Gasteiger partial charge in [-0.05, 0) is 38.7 Å². The van der Waals surface area contributed by atoms with Crippen LogP contribution in [0.3, 0.4) is 0 Å². The Balaban J connectivity index is 3.27. The van der Waals surface area contributed by atoms with Crippen LogP contribution in [0.5, 0.6) is 0 Å². The van der Waals surface area contributed by atoms with Gasteiger partial charge >= 0.3 is 0 Å². The van der Waals surface area contributed by atoms with E-state index in [-0.39, 0.29) is 0 Å². The zero-order valence-electron chi connectivity index (χ0n) is 8.18. The van der Waals surface area contributed by atoms with Crippen molar-refractivity contribution >= 4 is 11.8 Å². The SMILES string of the molecule is CCC(C)NC(C)CCSC. The maximum Gasteiger partial charge on any atom is 0.00490 e. The van der Waals surface area contributed by atoms with Gasteiger partial charge in [-0.2, -0.15) is 11.8 Å². The molecule has 0 radical (unpaired) electrons. The van der Waals surface area contributed by atoms with Gasteiger partial charge in [-0.3, -0.25) is 0 Å².